The maximum Gasteiger partial charge on any atom is 0.303 e. The Labute approximate surface area is 98.0 Å². The molecule has 0 atom stereocenters. The minimum Gasteiger partial charge on any atom is -0.481 e. The summed E-state index contributed by atoms with van der Waals surface area (Å²) in [6, 6.07) is 4.98. The van der Waals surface area contributed by atoms with Crippen LogP contribution >= 0.6 is 0 Å². The van der Waals surface area contributed by atoms with Gasteiger partial charge in [0.05, 0.1) is 0 Å². The fourth-order valence-corrected chi connectivity index (χ4v) is 1.61. The van der Waals surface area contributed by atoms with E-state index in [1.54, 1.807) is 18.2 Å². The molecule has 1 aliphatic heterocycles. The highest BCUT2D eigenvalue weighted by Crippen LogP contribution is 2.32. The van der Waals surface area contributed by atoms with Crippen molar-refractivity contribution in [2.45, 2.75) is 19.3 Å². The number of hydrogen-bond acceptors (Lipinski definition) is 4. The van der Waals surface area contributed by atoms with Crippen LogP contribution in [0.2, 0.25) is 0 Å². The van der Waals surface area contributed by atoms with Crippen LogP contribution in [-0.4, -0.2) is 23.7 Å². The van der Waals surface area contributed by atoms with Gasteiger partial charge in [-0.15, -0.1) is 0 Å². The molecule has 1 aromatic rings. The number of benzene rings is 1. The average molecular weight is 236 g/mol. The number of carboxylic acid groups (broad SMARTS) is 1. The summed E-state index contributed by atoms with van der Waals surface area (Å²) >= 11 is 0. The van der Waals surface area contributed by atoms with E-state index in [-0.39, 0.29) is 25.4 Å². The molecule has 0 aromatic heterocycles. The van der Waals surface area contributed by atoms with Crippen LogP contribution in [0.5, 0.6) is 11.5 Å². The van der Waals surface area contributed by atoms with E-state index in [1.807, 2.05) is 0 Å². The molecule has 0 bridgehead atoms. The molecule has 2 rings (SSSR count). The van der Waals surface area contributed by atoms with Crippen LogP contribution in [-0.2, 0) is 4.79 Å². The molecule has 0 spiro atoms. The van der Waals surface area contributed by atoms with Crippen LogP contribution in [0.15, 0.2) is 18.2 Å². The number of carboxylic acids is 1. The van der Waals surface area contributed by atoms with Crippen molar-refractivity contribution in [3.05, 3.63) is 23.8 Å². The molecular weight excluding hydrogens is 224 g/mol. The lowest BCUT2D eigenvalue weighted by molar-refractivity contribution is -0.137. The number of aliphatic carboxylic acids is 1. The zero-order chi connectivity index (χ0) is 12.3. The van der Waals surface area contributed by atoms with Crippen molar-refractivity contribution in [3.8, 4) is 11.5 Å². The van der Waals surface area contributed by atoms with Crippen molar-refractivity contribution >= 4 is 11.8 Å². The quantitative estimate of drug-likeness (QED) is 0.790. The molecule has 0 fully saturated rings. The van der Waals surface area contributed by atoms with Crippen LogP contribution < -0.4 is 9.47 Å². The molecule has 5 heteroatoms. The number of ketones is 1. The molecule has 0 aliphatic carbocycles. The molecule has 0 unspecified atom stereocenters. The topological polar surface area (TPSA) is 72.8 Å². The van der Waals surface area contributed by atoms with Crippen LogP contribution in [0, 0.1) is 0 Å². The van der Waals surface area contributed by atoms with Gasteiger partial charge in [-0.25, -0.2) is 0 Å². The van der Waals surface area contributed by atoms with E-state index >= 15 is 0 Å². The zero-order valence-corrected chi connectivity index (χ0v) is 9.14. The van der Waals surface area contributed by atoms with Crippen molar-refractivity contribution in [1.82, 2.24) is 0 Å². The highest BCUT2D eigenvalue weighted by Gasteiger charge is 2.16. The number of fused-ring (bicyclic) bond motifs is 1. The van der Waals surface area contributed by atoms with Crippen molar-refractivity contribution in [2.75, 3.05) is 6.79 Å². The predicted molar refractivity (Wildman–Crippen MR) is 58.4 cm³/mol. The molecular formula is C12H12O5. The van der Waals surface area contributed by atoms with Crippen molar-refractivity contribution < 1.29 is 24.2 Å². The van der Waals surface area contributed by atoms with E-state index in [0.29, 0.717) is 23.5 Å². The van der Waals surface area contributed by atoms with E-state index in [4.69, 9.17) is 14.6 Å². The SMILES string of the molecule is O=C(O)CCCC(=O)c1ccc2c(c1)OCO2. The third-order valence-electron chi connectivity index (χ3n) is 2.49. The number of ether oxygens (including phenoxy) is 2. The van der Waals surface area contributed by atoms with Gasteiger partial charge in [0, 0.05) is 18.4 Å². The monoisotopic (exact) mass is 236 g/mol. The number of hydrogen-bond donors (Lipinski definition) is 1. The normalized spacial score (nSPS) is 12.5. The molecule has 1 N–H and O–H groups in total. The van der Waals surface area contributed by atoms with E-state index in [2.05, 4.69) is 0 Å². The highest BCUT2D eigenvalue weighted by atomic mass is 16.7. The van der Waals surface area contributed by atoms with E-state index in [0.717, 1.165) is 0 Å². The molecule has 0 saturated carbocycles. The first kappa shape index (κ1) is 11.4. The zero-order valence-electron chi connectivity index (χ0n) is 9.14. The second-order valence-corrected chi connectivity index (χ2v) is 3.74. The Balaban J connectivity index is 1.97. The Morgan fingerprint density at radius 1 is 1.18 bits per heavy atom. The molecule has 1 aliphatic rings. The first-order valence-corrected chi connectivity index (χ1v) is 5.31. The van der Waals surface area contributed by atoms with Crippen molar-refractivity contribution in [3.63, 3.8) is 0 Å². The Bertz CT molecular complexity index is 452. The molecule has 90 valence electrons. The lowest BCUT2D eigenvalue weighted by Gasteiger charge is -2.01. The summed E-state index contributed by atoms with van der Waals surface area (Å²) < 4.78 is 10.3. The number of carbonyl (C=O) groups is 2. The Kier molecular flexibility index (Phi) is 3.27. The second-order valence-electron chi connectivity index (χ2n) is 3.74. The average Bonchev–Trinajstić information content (AvgIpc) is 2.75. The lowest BCUT2D eigenvalue weighted by Crippen LogP contribution is -2.01. The third kappa shape index (κ3) is 2.75. The Morgan fingerprint density at radius 2 is 1.94 bits per heavy atom. The van der Waals surface area contributed by atoms with Gasteiger partial charge in [-0.3, -0.25) is 9.59 Å². The van der Waals surface area contributed by atoms with Crippen molar-refractivity contribution in [1.29, 1.82) is 0 Å². The molecule has 17 heavy (non-hydrogen) atoms. The fourth-order valence-electron chi connectivity index (χ4n) is 1.61. The largest absolute Gasteiger partial charge is 0.481 e. The molecule has 0 radical (unpaired) electrons. The first-order chi connectivity index (χ1) is 8.16. The summed E-state index contributed by atoms with van der Waals surface area (Å²) in [6.45, 7) is 0.173. The fraction of sp³-hybridized carbons (Fsp3) is 0.333. The highest BCUT2D eigenvalue weighted by molar-refractivity contribution is 5.96. The van der Waals surface area contributed by atoms with Gasteiger partial charge in [0.15, 0.2) is 17.3 Å². The van der Waals surface area contributed by atoms with Gasteiger partial charge in [0.1, 0.15) is 0 Å². The van der Waals surface area contributed by atoms with Gasteiger partial charge in [-0.05, 0) is 24.6 Å². The Hall–Kier alpha value is -2.04. The smallest absolute Gasteiger partial charge is 0.303 e. The van der Waals surface area contributed by atoms with E-state index < -0.39 is 5.97 Å². The summed E-state index contributed by atoms with van der Waals surface area (Å²) in [5.41, 5.74) is 0.527. The van der Waals surface area contributed by atoms with Crippen molar-refractivity contribution in [2.24, 2.45) is 0 Å². The molecule has 0 amide bonds. The van der Waals surface area contributed by atoms with Gasteiger partial charge in [0.25, 0.3) is 0 Å². The van der Waals surface area contributed by atoms with Gasteiger partial charge in [-0.1, -0.05) is 0 Å². The van der Waals surface area contributed by atoms with Gasteiger partial charge < -0.3 is 14.6 Å². The molecule has 1 aromatic carbocycles. The molecule has 1 heterocycles. The molecule has 5 nitrogen and oxygen atoms in total. The van der Waals surface area contributed by atoms with Gasteiger partial charge in [-0.2, -0.15) is 0 Å². The summed E-state index contributed by atoms with van der Waals surface area (Å²) in [7, 11) is 0. The number of rotatable bonds is 5. The van der Waals surface area contributed by atoms with Crippen LogP contribution in [0.4, 0.5) is 0 Å². The van der Waals surface area contributed by atoms with E-state index in [9.17, 15) is 9.59 Å². The maximum absolute atomic E-state index is 11.7. The summed E-state index contributed by atoms with van der Waals surface area (Å²) in [5.74, 6) is 0.231. The predicted octanol–water partition coefficient (Wildman–Crippen LogP) is 1.85. The van der Waals surface area contributed by atoms with Crippen LogP contribution in [0.1, 0.15) is 29.6 Å². The van der Waals surface area contributed by atoms with Gasteiger partial charge >= 0.3 is 5.97 Å². The lowest BCUT2D eigenvalue weighted by atomic mass is 10.1. The number of Topliss-reactive ketones (excluding diaryl/α,β-unsaturated/α-hetero) is 1. The summed E-state index contributed by atoms with van der Waals surface area (Å²) in [4.78, 5) is 22.1. The third-order valence-corrected chi connectivity index (χ3v) is 2.49. The Morgan fingerprint density at radius 3 is 2.71 bits per heavy atom. The van der Waals surface area contributed by atoms with E-state index in [1.165, 1.54) is 0 Å². The molecule has 0 saturated heterocycles. The minimum atomic E-state index is -0.886. The van der Waals surface area contributed by atoms with Gasteiger partial charge in [0.2, 0.25) is 6.79 Å². The van der Waals surface area contributed by atoms with Crippen LogP contribution in [0.3, 0.4) is 0 Å². The number of carbonyl (C=O) groups excluding carboxylic acids is 1. The minimum absolute atomic E-state index is 0.0102. The van der Waals surface area contributed by atoms with Crippen LogP contribution in [0.25, 0.3) is 0 Å². The second kappa shape index (κ2) is 4.86. The summed E-state index contributed by atoms with van der Waals surface area (Å²) in [5, 5.41) is 8.48. The summed E-state index contributed by atoms with van der Waals surface area (Å²) in [6.07, 6.45) is 0.588. The maximum atomic E-state index is 11.7. The standard InChI is InChI=1S/C12H12O5/c13-9(2-1-3-12(14)15)8-4-5-10-11(6-8)17-7-16-10/h4-6H,1-3,7H2,(H,14,15). The first-order valence-electron chi connectivity index (χ1n) is 5.31.